The summed E-state index contributed by atoms with van der Waals surface area (Å²) in [6, 6.07) is 8.72. The second kappa shape index (κ2) is 9.04. The highest BCUT2D eigenvalue weighted by Crippen LogP contribution is 2.24. The van der Waals surface area contributed by atoms with Crippen LogP contribution in [0.4, 0.5) is 0 Å². The van der Waals surface area contributed by atoms with Gasteiger partial charge in [-0.25, -0.2) is 8.42 Å². The molecule has 1 aromatic rings. The maximum atomic E-state index is 12.3. The van der Waals surface area contributed by atoms with Crippen LogP contribution in [0.15, 0.2) is 29.3 Å². The number of hydrogen-bond donors (Lipinski definition) is 1. The minimum atomic E-state index is -3.06. The van der Waals surface area contributed by atoms with Gasteiger partial charge in [0.05, 0.1) is 10.5 Å². The first-order valence-corrected chi connectivity index (χ1v) is 12.3. The highest BCUT2D eigenvalue weighted by atomic mass is 32.2. The third-order valence-electron chi connectivity index (χ3n) is 6.28. The minimum Gasteiger partial charge on any atom is -0.352 e. The third-order valence-corrected chi connectivity index (χ3v) is 8.81. The van der Waals surface area contributed by atoms with E-state index in [0.717, 1.165) is 18.4 Å². The van der Waals surface area contributed by atoms with Gasteiger partial charge in [0.2, 0.25) is 0 Å². The van der Waals surface area contributed by atoms with Crippen molar-refractivity contribution in [2.24, 2.45) is 10.9 Å². The number of rotatable bonds is 4. The van der Waals surface area contributed by atoms with Crippen LogP contribution in [0.3, 0.4) is 0 Å². The molecule has 0 saturated carbocycles. The molecule has 2 heterocycles. The predicted octanol–water partition coefficient (Wildman–Crippen LogP) is 2.50. The molecule has 0 spiro atoms. The Kier molecular flexibility index (Phi) is 6.89. The molecule has 7 heteroatoms. The lowest BCUT2D eigenvalue weighted by Crippen LogP contribution is -2.57. The van der Waals surface area contributed by atoms with Crippen molar-refractivity contribution < 1.29 is 8.42 Å². The lowest BCUT2D eigenvalue weighted by molar-refractivity contribution is 0.185. The summed E-state index contributed by atoms with van der Waals surface area (Å²) in [6.07, 6.45) is 2.58. The first-order chi connectivity index (χ1) is 13.7. The SMILES string of the molecule is CN=C(NCc1cccc(CN2CCC(C)CC2)c1)N1CCS(=O)(=O)C(C)(C)C1. The Morgan fingerprint density at radius 2 is 1.90 bits per heavy atom. The quantitative estimate of drug-likeness (QED) is 0.599. The van der Waals surface area contributed by atoms with E-state index in [1.54, 1.807) is 20.9 Å². The molecule has 6 nitrogen and oxygen atoms in total. The number of guanidine groups is 1. The summed E-state index contributed by atoms with van der Waals surface area (Å²) in [5.41, 5.74) is 2.57. The molecule has 0 unspecified atom stereocenters. The fourth-order valence-electron chi connectivity index (χ4n) is 4.15. The molecule has 3 rings (SSSR count). The van der Waals surface area contributed by atoms with Crippen molar-refractivity contribution in [2.75, 3.05) is 39.0 Å². The first-order valence-electron chi connectivity index (χ1n) is 10.7. The van der Waals surface area contributed by atoms with Gasteiger partial charge in [0, 0.05) is 33.2 Å². The van der Waals surface area contributed by atoms with Crippen molar-refractivity contribution in [1.82, 2.24) is 15.1 Å². The van der Waals surface area contributed by atoms with E-state index in [-0.39, 0.29) is 5.75 Å². The van der Waals surface area contributed by atoms with E-state index < -0.39 is 14.6 Å². The van der Waals surface area contributed by atoms with Crippen molar-refractivity contribution in [3.05, 3.63) is 35.4 Å². The van der Waals surface area contributed by atoms with Gasteiger partial charge < -0.3 is 10.2 Å². The molecule has 2 saturated heterocycles. The Morgan fingerprint density at radius 3 is 2.55 bits per heavy atom. The van der Waals surface area contributed by atoms with Crippen molar-refractivity contribution in [1.29, 1.82) is 0 Å². The van der Waals surface area contributed by atoms with Crippen LogP contribution < -0.4 is 5.32 Å². The maximum Gasteiger partial charge on any atom is 0.193 e. The van der Waals surface area contributed by atoms with E-state index in [1.807, 2.05) is 0 Å². The Balaban J connectivity index is 1.57. The van der Waals surface area contributed by atoms with E-state index in [9.17, 15) is 8.42 Å². The van der Waals surface area contributed by atoms with Gasteiger partial charge in [-0.2, -0.15) is 0 Å². The number of benzene rings is 1. The van der Waals surface area contributed by atoms with E-state index in [2.05, 4.69) is 51.3 Å². The smallest absolute Gasteiger partial charge is 0.193 e. The number of sulfone groups is 1. The van der Waals surface area contributed by atoms with Gasteiger partial charge in [-0.15, -0.1) is 0 Å². The zero-order valence-corrected chi connectivity index (χ0v) is 19.1. The van der Waals surface area contributed by atoms with Crippen molar-refractivity contribution in [3.63, 3.8) is 0 Å². The van der Waals surface area contributed by atoms with Gasteiger partial charge in [0.25, 0.3) is 0 Å². The Morgan fingerprint density at radius 1 is 1.21 bits per heavy atom. The van der Waals surface area contributed by atoms with E-state index in [0.29, 0.717) is 19.6 Å². The van der Waals surface area contributed by atoms with Crippen molar-refractivity contribution >= 4 is 15.8 Å². The molecular formula is C22H36N4O2S. The van der Waals surface area contributed by atoms with E-state index in [1.165, 1.54) is 37.1 Å². The third kappa shape index (κ3) is 5.51. The van der Waals surface area contributed by atoms with E-state index in [4.69, 9.17) is 0 Å². The van der Waals surface area contributed by atoms with Gasteiger partial charge in [0.1, 0.15) is 0 Å². The van der Waals surface area contributed by atoms with Crippen LogP contribution in [0.1, 0.15) is 44.7 Å². The van der Waals surface area contributed by atoms with Gasteiger partial charge in [-0.1, -0.05) is 31.2 Å². The van der Waals surface area contributed by atoms with Crippen LogP contribution in [0.5, 0.6) is 0 Å². The average molecular weight is 421 g/mol. The lowest BCUT2D eigenvalue weighted by Gasteiger charge is -2.39. The van der Waals surface area contributed by atoms with Crippen LogP contribution in [-0.2, 0) is 22.9 Å². The molecule has 2 aliphatic heterocycles. The van der Waals surface area contributed by atoms with Gasteiger partial charge >= 0.3 is 0 Å². The fraction of sp³-hybridized carbons (Fsp3) is 0.682. The summed E-state index contributed by atoms with van der Waals surface area (Å²) in [6.45, 7) is 10.9. The number of piperidine rings is 1. The zero-order chi connectivity index (χ0) is 21.1. The molecule has 1 aromatic carbocycles. The Labute approximate surface area is 176 Å². The summed E-state index contributed by atoms with van der Waals surface area (Å²) >= 11 is 0. The fourth-order valence-corrected chi connectivity index (χ4v) is 5.52. The molecule has 0 aliphatic carbocycles. The Hall–Kier alpha value is -1.60. The monoisotopic (exact) mass is 420 g/mol. The molecule has 0 bridgehead atoms. The zero-order valence-electron chi connectivity index (χ0n) is 18.3. The van der Waals surface area contributed by atoms with Crippen LogP contribution in [-0.4, -0.2) is 67.9 Å². The number of nitrogens with one attached hydrogen (secondary N) is 1. The van der Waals surface area contributed by atoms with Crippen LogP contribution >= 0.6 is 0 Å². The average Bonchev–Trinajstić information content (AvgIpc) is 2.67. The van der Waals surface area contributed by atoms with E-state index >= 15 is 0 Å². The molecule has 0 amide bonds. The molecule has 2 fully saturated rings. The molecule has 1 N–H and O–H groups in total. The van der Waals surface area contributed by atoms with Crippen LogP contribution in [0.2, 0.25) is 0 Å². The molecule has 0 radical (unpaired) electrons. The normalized spacial score (nSPS) is 23.2. The molecule has 2 aliphatic rings. The Bertz CT molecular complexity index is 827. The minimum absolute atomic E-state index is 0.171. The number of hydrogen-bond acceptors (Lipinski definition) is 4. The topological polar surface area (TPSA) is 65.0 Å². The lowest BCUT2D eigenvalue weighted by atomic mass is 9.98. The molecule has 0 aromatic heterocycles. The van der Waals surface area contributed by atoms with Crippen LogP contribution in [0, 0.1) is 5.92 Å². The molecule has 29 heavy (non-hydrogen) atoms. The molecule has 162 valence electrons. The van der Waals surface area contributed by atoms with Crippen LogP contribution in [0.25, 0.3) is 0 Å². The molecular weight excluding hydrogens is 384 g/mol. The van der Waals surface area contributed by atoms with Crippen molar-refractivity contribution in [2.45, 2.75) is 51.4 Å². The highest BCUT2D eigenvalue weighted by molar-refractivity contribution is 7.92. The standard InChI is InChI=1S/C22H36N4O2S/c1-18-8-10-25(11-9-18)16-20-7-5-6-19(14-20)15-24-21(23-4)26-12-13-29(27,28)22(2,3)17-26/h5-7,14,18H,8-13,15-17H2,1-4H3,(H,23,24). The summed E-state index contributed by atoms with van der Waals surface area (Å²) < 4.78 is 23.8. The maximum absolute atomic E-state index is 12.3. The van der Waals surface area contributed by atoms with Crippen molar-refractivity contribution in [3.8, 4) is 0 Å². The van der Waals surface area contributed by atoms with Gasteiger partial charge in [0.15, 0.2) is 15.8 Å². The second-order valence-corrected chi connectivity index (χ2v) is 11.9. The largest absolute Gasteiger partial charge is 0.352 e. The summed E-state index contributed by atoms with van der Waals surface area (Å²) in [5, 5.41) is 3.42. The number of aliphatic imine (C=N–C) groups is 1. The van der Waals surface area contributed by atoms with Gasteiger partial charge in [-0.3, -0.25) is 9.89 Å². The summed E-state index contributed by atoms with van der Waals surface area (Å²) in [5.74, 6) is 1.79. The summed E-state index contributed by atoms with van der Waals surface area (Å²) in [4.78, 5) is 8.99. The number of nitrogens with zero attached hydrogens (tertiary/aromatic N) is 3. The predicted molar refractivity (Wildman–Crippen MR) is 120 cm³/mol. The molecule has 0 atom stereocenters. The highest BCUT2D eigenvalue weighted by Gasteiger charge is 2.40. The number of likely N-dealkylation sites (tertiary alicyclic amines) is 1. The second-order valence-electron chi connectivity index (χ2n) is 9.18. The first kappa shape index (κ1) is 22.1. The summed E-state index contributed by atoms with van der Waals surface area (Å²) in [7, 11) is -1.30. The van der Waals surface area contributed by atoms with Gasteiger partial charge in [-0.05, 0) is 56.8 Å².